The fourth-order valence-corrected chi connectivity index (χ4v) is 3.23. The number of esters is 1. The van der Waals surface area contributed by atoms with Crippen molar-refractivity contribution in [2.75, 3.05) is 0 Å². The Labute approximate surface area is 177 Å². The first-order valence-corrected chi connectivity index (χ1v) is 9.62. The van der Waals surface area contributed by atoms with Gasteiger partial charge in [0.1, 0.15) is 12.2 Å². The second-order valence-corrected chi connectivity index (χ2v) is 7.44. The second-order valence-electron chi connectivity index (χ2n) is 7.00. The summed E-state index contributed by atoms with van der Waals surface area (Å²) in [6, 6.07) is 10.2. The van der Waals surface area contributed by atoms with Crippen molar-refractivity contribution >= 4 is 34.6 Å². The predicted molar refractivity (Wildman–Crippen MR) is 113 cm³/mol. The van der Waals surface area contributed by atoms with E-state index in [0.29, 0.717) is 27.1 Å². The lowest BCUT2D eigenvalue weighted by Crippen LogP contribution is -2.34. The van der Waals surface area contributed by atoms with Gasteiger partial charge in [0, 0.05) is 22.0 Å². The Bertz CT molecular complexity index is 1150. The van der Waals surface area contributed by atoms with E-state index in [4.69, 9.17) is 26.5 Å². The molecule has 0 spiro atoms. The molecular weight excluding hydrogens is 408 g/mol. The number of nitrogens with one attached hydrogen (secondary N) is 1. The van der Waals surface area contributed by atoms with Gasteiger partial charge in [-0.25, -0.2) is 9.59 Å². The van der Waals surface area contributed by atoms with Gasteiger partial charge in [-0.2, -0.15) is 0 Å². The molecule has 1 atom stereocenters. The van der Waals surface area contributed by atoms with Crippen LogP contribution in [0.25, 0.3) is 11.0 Å². The van der Waals surface area contributed by atoms with Gasteiger partial charge in [-0.15, -0.1) is 0 Å². The van der Waals surface area contributed by atoms with Gasteiger partial charge in [-0.05, 0) is 54.8 Å². The Morgan fingerprint density at radius 2 is 1.80 bits per heavy atom. The maximum Gasteiger partial charge on any atom is 0.336 e. The summed E-state index contributed by atoms with van der Waals surface area (Å²) in [4.78, 5) is 35.7. The summed E-state index contributed by atoms with van der Waals surface area (Å²) in [6.45, 7) is 3.76. The highest BCUT2D eigenvalue weighted by molar-refractivity contribution is 6.30. The molecule has 0 aliphatic heterocycles. The van der Waals surface area contributed by atoms with Crippen LogP contribution in [0.1, 0.15) is 34.7 Å². The number of primary amides is 1. The smallest absolute Gasteiger partial charge is 0.336 e. The summed E-state index contributed by atoms with van der Waals surface area (Å²) < 4.78 is 10.6. The molecule has 30 heavy (non-hydrogen) atoms. The topological polar surface area (TPSA) is 112 Å². The van der Waals surface area contributed by atoms with Crippen molar-refractivity contribution in [3.8, 4) is 0 Å². The fraction of sp³-hybridized carbons (Fsp3) is 0.227. The van der Waals surface area contributed by atoms with Crippen LogP contribution in [-0.4, -0.2) is 12.0 Å². The van der Waals surface area contributed by atoms with Gasteiger partial charge in [-0.3, -0.25) is 4.79 Å². The van der Waals surface area contributed by atoms with E-state index < -0.39 is 23.7 Å². The van der Waals surface area contributed by atoms with Gasteiger partial charge in [0.05, 0.1) is 12.5 Å². The molecule has 2 amide bonds. The van der Waals surface area contributed by atoms with Crippen LogP contribution >= 0.6 is 11.6 Å². The van der Waals surface area contributed by atoms with Crippen molar-refractivity contribution in [2.45, 2.75) is 32.9 Å². The Hall–Kier alpha value is -3.32. The minimum Gasteiger partial charge on any atom is -0.461 e. The first kappa shape index (κ1) is 21.4. The van der Waals surface area contributed by atoms with Crippen LogP contribution in [0, 0.1) is 13.8 Å². The predicted octanol–water partition coefficient (Wildman–Crippen LogP) is 3.91. The average Bonchev–Trinajstić information content (AvgIpc) is 2.67. The first-order chi connectivity index (χ1) is 14.2. The van der Waals surface area contributed by atoms with Crippen LogP contribution in [0.4, 0.5) is 4.79 Å². The van der Waals surface area contributed by atoms with Crippen LogP contribution in [0.2, 0.25) is 5.02 Å². The zero-order chi connectivity index (χ0) is 21.8. The lowest BCUT2D eigenvalue weighted by molar-refractivity contribution is -0.145. The van der Waals surface area contributed by atoms with Crippen LogP contribution in [0.15, 0.2) is 51.7 Å². The lowest BCUT2D eigenvalue weighted by atomic mass is 10.0. The number of hydrogen-bond acceptors (Lipinski definition) is 5. The Kier molecular flexibility index (Phi) is 6.42. The highest BCUT2D eigenvalue weighted by Gasteiger charge is 2.19. The normalized spacial score (nSPS) is 11.8. The van der Waals surface area contributed by atoms with Crippen LogP contribution in [-0.2, 0) is 16.1 Å². The van der Waals surface area contributed by atoms with E-state index in [9.17, 15) is 14.4 Å². The number of rotatable bonds is 6. The number of fused-ring (bicyclic) bond motifs is 1. The number of ether oxygens (including phenoxy) is 1. The molecule has 3 N–H and O–H groups in total. The van der Waals surface area contributed by atoms with Gasteiger partial charge in [0.2, 0.25) is 0 Å². The van der Waals surface area contributed by atoms with Gasteiger partial charge in [0.25, 0.3) is 0 Å². The van der Waals surface area contributed by atoms with Crippen molar-refractivity contribution in [1.82, 2.24) is 5.32 Å². The minimum absolute atomic E-state index is 0.104. The number of amides is 2. The number of halogens is 1. The third-order valence-electron chi connectivity index (χ3n) is 4.79. The van der Waals surface area contributed by atoms with E-state index in [-0.39, 0.29) is 13.0 Å². The standard InChI is InChI=1S/C22H21ClN2O5/c1-12-7-17-15(9-21(27)30-19(17)8-13(12)2)11-29-20(26)10-18(25-22(24)28)14-3-5-16(23)6-4-14/h3-9,18H,10-11H2,1-2H3,(H3,24,25,28). The van der Waals surface area contributed by atoms with Crippen LogP contribution in [0.5, 0.6) is 0 Å². The second kappa shape index (κ2) is 9.00. The zero-order valence-corrected chi connectivity index (χ0v) is 17.3. The van der Waals surface area contributed by atoms with Crippen molar-refractivity contribution in [3.05, 3.63) is 80.2 Å². The van der Waals surface area contributed by atoms with Gasteiger partial charge >= 0.3 is 17.6 Å². The maximum absolute atomic E-state index is 12.4. The Morgan fingerprint density at radius 1 is 1.13 bits per heavy atom. The molecule has 156 valence electrons. The molecule has 7 nitrogen and oxygen atoms in total. The molecule has 1 aromatic heterocycles. The molecule has 0 aliphatic rings. The third-order valence-corrected chi connectivity index (χ3v) is 5.04. The monoisotopic (exact) mass is 428 g/mol. The number of benzene rings is 2. The SMILES string of the molecule is Cc1cc2oc(=O)cc(COC(=O)CC(NC(N)=O)c3ccc(Cl)cc3)c2cc1C. The molecule has 3 aromatic rings. The van der Waals surface area contributed by atoms with E-state index in [1.807, 2.05) is 19.9 Å². The molecule has 1 heterocycles. The van der Waals surface area contributed by atoms with E-state index in [1.165, 1.54) is 6.07 Å². The van der Waals surface area contributed by atoms with E-state index in [1.54, 1.807) is 30.3 Å². The molecule has 0 saturated carbocycles. The number of carbonyl (C=O) groups is 2. The Morgan fingerprint density at radius 3 is 2.47 bits per heavy atom. The number of hydrogen-bond donors (Lipinski definition) is 2. The summed E-state index contributed by atoms with van der Waals surface area (Å²) in [6.07, 6.45) is -0.137. The van der Waals surface area contributed by atoms with E-state index in [2.05, 4.69) is 5.32 Å². The minimum atomic E-state index is -0.764. The molecule has 0 saturated heterocycles. The van der Waals surface area contributed by atoms with E-state index in [0.717, 1.165) is 11.1 Å². The average molecular weight is 429 g/mol. The molecule has 2 aromatic carbocycles. The number of carbonyl (C=O) groups excluding carboxylic acids is 2. The lowest BCUT2D eigenvalue weighted by Gasteiger charge is -2.17. The largest absolute Gasteiger partial charge is 0.461 e. The Balaban J connectivity index is 1.77. The number of nitrogens with two attached hydrogens (primary N) is 1. The summed E-state index contributed by atoms with van der Waals surface area (Å²) in [7, 11) is 0. The number of aryl methyl sites for hydroxylation is 2. The summed E-state index contributed by atoms with van der Waals surface area (Å²) in [5, 5.41) is 3.76. The molecule has 8 heteroatoms. The molecule has 1 unspecified atom stereocenters. The highest BCUT2D eigenvalue weighted by atomic mass is 35.5. The van der Waals surface area contributed by atoms with Crippen LogP contribution < -0.4 is 16.7 Å². The highest BCUT2D eigenvalue weighted by Crippen LogP contribution is 2.23. The van der Waals surface area contributed by atoms with Crippen LogP contribution in [0.3, 0.4) is 0 Å². The third kappa shape index (κ3) is 5.18. The maximum atomic E-state index is 12.4. The summed E-state index contributed by atoms with van der Waals surface area (Å²) in [5.74, 6) is -0.561. The first-order valence-electron chi connectivity index (χ1n) is 9.24. The molecule has 0 fully saturated rings. The van der Waals surface area contributed by atoms with Crippen molar-refractivity contribution < 1.29 is 18.7 Å². The van der Waals surface area contributed by atoms with Crippen molar-refractivity contribution in [2.24, 2.45) is 5.73 Å². The zero-order valence-electron chi connectivity index (χ0n) is 16.5. The summed E-state index contributed by atoms with van der Waals surface area (Å²) in [5.41, 5.74) is 8.37. The quantitative estimate of drug-likeness (QED) is 0.456. The van der Waals surface area contributed by atoms with Crippen molar-refractivity contribution in [3.63, 3.8) is 0 Å². The fourth-order valence-electron chi connectivity index (χ4n) is 3.11. The van der Waals surface area contributed by atoms with Gasteiger partial charge < -0.3 is 20.2 Å². The summed E-state index contributed by atoms with van der Waals surface area (Å²) >= 11 is 5.89. The molecule has 0 radical (unpaired) electrons. The molecule has 0 aliphatic carbocycles. The molecule has 0 bridgehead atoms. The molecular formula is C22H21ClN2O5. The van der Waals surface area contributed by atoms with Gasteiger partial charge in [0.15, 0.2) is 0 Å². The van der Waals surface area contributed by atoms with Crippen molar-refractivity contribution in [1.29, 1.82) is 0 Å². The van der Waals surface area contributed by atoms with Gasteiger partial charge in [-0.1, -0.05) is 23.7 Å². The number of urea groups is 1. The van der Waals surface area contributed by atoms with E-state index >= 15 is 0 Å². The molecule has 3 rings (SSSR count).